The number of carbonyl (C=O) groups excluding carboxylic acids is 1. The van der Waals surface area contributed by atoms with Crippen LogP contribution in [-0.2, 0) is 13.0 Å². The van der Waals surface area contributed by atoms with Crippen LogP contribution in [0.3, 0.4) is 0 Å². The minimum Gasteiger partial charge on any atom is -0.467 e. The lowest BCUT2D eigenvalue weighted by Gasteiger charge is -2.26. The zero-order chi connectivity index (χ0) is 16.6. The van der Waals surface area contributed by atoms with Gasteiger partial charge in [0.2, 0.25) is 0 Å². The average molecular weight is 345 g/mol. The van der Waals surface area contributed by atoms with E-state index in [2.05, 4.69) is 27.7 Å². The lowest BCUT2D eigenvalue weighted by atomic mass is 10.1. The van der Waals surface area contributed by atoms with Crippen molar-refractivity contribution in [3.05, 3.63) is 54.0 Å². The summed E-state index contributed by atoms with van der Waals surface area (Å²) in [5.74, 6) is 3.22. The van der Waals surface area contributed by atoms with Gasteiger partial charge in [-0.2, -0.15) is 11.8 Å². The Hall–Kier alpha value is -1.92. The molecule has 0 bridgehead atoms. The summed E-state index contributed by atoms with van der Waals surface area (Å²) in [4.78, 5) is 14.4. The van der Waals surface area contributed by atoms with E-state index in [1.807, 2.05) is 30.0 Å². The second-order valence-corrected chi connectivity index (χ2v) is 7.01. The Morgan fingerprint density at radius 3 is 2.67 bits per heavy atom. The van der Waals surface area contributed by atoms with Crippen LogP contribution in [0.5, 0.6) is 0 Å². The van der Waals surface area contributed by atoms with Gasteiger partial charge in [-0.05, 0) is 36.2 Å². The molecule has 2 N–H and O–H groups in total. The molecule has 1 saturated heterocycles. The predicted molar refractivity (Wildman–Crippen MR) is 98.5 cm³/mol. The molecule has 128 valence electrons. The van der Waals surface area contributed by atoms with Crippen molar-refractivity contribution in [3.63, 3.8) is 0 Å². The summed E-state index contributed by atoms with van der Waals surface area (Å²) >= 11 is 2.04. The summed E-state index contributed by atoms with van der Waals surface area (Å²) in [6, 6.07) is 11.5. The molecule has 5 nitrogen and oxygen atoms in total. The SMILES string of the molecule is O=C(NCc1ccco1)Nc1ccc(CCN2CCSCC2)cc1. The topological polar surface area (TPSA) is 57.5 Å². The van der Waals surface area contributed by atoms with Crippen molar-refractivity contribution >= 4 is 23.5 Å². The second-order valence-electron chi connectivity index (χ2n) is 5.79. The van der Waals surface area contributed by atoms with Crippen LogP contribution in [0.1, 0.15) is 11.3 Å². The molecule has 3 rings (SSSR count). The quantitative estimate of drug-likeness (QED) is 0.844. The third-order valence-corrected chi connectivity index (χ3v) is 4.98. The smallest absolute Gasteiger partial charge is 0.319 e. The number of hydrogen-bond acceptors (Lipinski definition) is 4. The van der Waals surface area contributed by atoms with E-state index >= 15 is 0 Å². The molecule has 0 atom stereocenters. The van der Waals surface area contributed by atoms with Crippen LogP contribution in [0, 0.1) is 0 Å². The number of furan rings is 1. The molecule has 1 aliphatic rings. The van der Waals surface area contributed by atoms with Gasteiger partial charge < -0.3 is 20.0 Å². The largest absolute Gasteiger partial charge is 0.467 e. The minimum absolute atomic E-state index is 0.232. The Bertz CT molecular complexity index is 622. The first-order valence-corrected chi connectivity index (χ1v) is 9.41. The molecule has 1 aliphatic heterocycles. The third kappa shape index (κ3) is 5.32. The number of benzene rings is 1. The van der Waals surface area contributed by atoms with Crippen LogP contribution < -0.4 is 10.6 Å². The van der Waals surface area contributed by atoms with Gasteiger partial charge in [0.1, 0.15) is 5.76 Å². The molecule has 0 radical (unpaired) electrons. The van der Waals surface area contributed by atoms with Gasteiger partial charge >= 0.3 is 6.03 Å². The highest BCUT2D eigenvalue weighted by Crippen LogP contribution is 2.13. The highest BCUT2D eigenvalue weighted by Gasteiger charge is 2.10. The van der Waals surface area contributed by atoms with Gasteiger partial charge in [-0.25, -0.2) is 4.79 Å². The van der Waals surface area contributed by atoms with Crippen molar-refractivity contribution in [1.29, 1.82) is 0 Å². The number of nitrogens with zero attached hydrogens (tertiary/aromatic N) is 1. The van der Waals surface area contributed by atoms with Crippen LogP contribution in [0.25, 0.3) is 0 Å². The monoisotopic (exact) mass is 345 g/mol. The third-order valence-electron chi connectivity index (χ3n) is 4.04. The first-order chi connectivity index (χ1) is 11.8. The van der Waals surface area contributed by atoms with E-state index in [1.165, 1.54) is 30.2 Å². The maximum Gasteiger partial charge on any atom is 0.319 e. The average Bonchev–Trinajstić information content (AvgIpc) is 3.14. The number of thioether (sulfide) groups is 1. The van der Waals surface area contributed by atoms with E-state index < -0.39 is 0 Å². The second kappa shape index (κ2) is 8.80. The van der Waals surface area contributed by atoms with E-state index in [9.17, 15) is 4.79 Å². The van der Waals surface area contributed by atoms with E-state index in [1.54, 1.807) is 12.3 Å². The maximum atomic E-state index is 11.9. The van der Waals surface area contributed by atoms with Crippen molar-refractivity contribution in [3.8, 4) is 0 Å². The highest BCUT2D eigenvalue weighted by molar-refractivity contribution is 7.99. The molecule has 1 aromatic heterocycles. The van der Waals surface area contributed by atoms with E-state index in [0.717, 1.165) is 24.4 Å². The van der Waals surface area contributed by atoms with Crippen LogP contribution in [-0.4, -0.2) is 42.1 Å². The number of hydrogen-bond donors (Lipinski definition) is 2. The molecule has 24 heavy (non-hydrogen) atoms. The van der Waals surface area contributed by atoms with Gasteiger partial charge in [-0.15, -0.1) is 0 Å². The Kier molecular flexibility index (Phi) is 6.20. The molecule has 0 spiro atoms. The van der Waals surface area contributed by atoms with Crippen LogP contribution >= 0.6 is 11.8 Å². The fourth-order valence-corrected chi connectivity index (χ4v) is 3.60. The van der Waals surface area contributed by atoms with Crippen molar-refractivity contribution in [2.45, 2.75) is 13.0 Å². The summed E-state index contributed by atoms with van der Waals surface area (Å²) < 4.78 is 5.18. The summed E-state index contributed by atoms with van der Waals surface area (Å²) in [6.07, 6.45) is 2.64. The standard InChI is InChI=1S/C18H23N3O2S/c22-18(19-14-17-2-1-11-23-17)20-16-5-3-15(4-6-16)7-8-21-9-12-24-13-10-21/h1-6,11H,7-10,12-14H2,(H2,19,20,22). The van der Waals surface area contributed by atoms with Gasteiger partial charge in [-0.1, -0.05) is 12.1 Å². The fraction of sp³-hybridized carbons (Fsp3) is 0.389. The Labute approximate surface area is 146 Å². The zero-order valence-electron chi connectivity index (χ0n) is 13.7. The van der Waals surface area contributed by atoms with E-state index in [-0.39, 0.29) is 6.03 Å². The van der Waals surface area contributed by atoms with Crippen LogP contribution in [0.15, 0.2) is 47.1 Å². The zero-order valence-corrected chi connectivity index (χ0v) is 14.5. The van der Waals surface area contributed by atoms with Gasteiger partial charge in [0.15, 0.2) is 0 Å². The molecule has 6 heteroatoms. The lowest BCUT2D eigenvalue weighted by Crippen LogP contribution is -2.34. The molecule has 2 heterocycles. The molecule has 0 aliphatic carbocycles. The number of rotatable bonds is 6. The number of nitrogens with one attached hydrogen (secondary N) is 2. The molecule has 0 saturated carbocycles. The van der Waals surface area contributed by atoms with Gasteiger partial charge in [0.25, 0.3) is 0 Å². The lowest BCUT2D eigenvalue weighted by molar-refractivity contribution is 0.251. The number of anilines is 1. The van der Waals surface area contributed by atoms with Crippen molar-refractivity contribution in [2.75, 3.05) is 36.5 Å². The Morgan fingerprint density at radius 1 is 1.17 bits per heavy atom. The van der Waals surface area contributed by atoms with Crippen LogP contribution in [0.4, 0.5) is 10.5 Å². The highest BCUT2D eigenvalue weighted by atomic mass is 32.2. The first-order valence-electron chi connectivity index (χ1n) is 8.26. The van der Waals surface area contributed by atoms with E-state index in [0.29, 0.717) is 6.54 Å². The summed E-state index contributed by atoms with van der Waals surface area (Å²) in [5.41, 5.74) is 2.10. The van der Waals surface area contributed by atoms with Gasteiger partial charge in [0, 0.05) is 36.8 Å². The van der Waals surface area contributed by atoms with Gasteiger partial charge in [-0.3, -0.25) is 0 Å². The van der Waals surface area contributed by atoms with E-state index in [4.69, 9.17) is 4.42 Å². The Morgan fingerprint density at radius 2 is 1.96 bits per heavy atom. The molecule has 1 aromatic carbocycles. The maximum absolute atomic E-state index is 11.9. The molecular weight excluding hydrogens is 322 g/mol. The predicted octanol–water partition coefficient (Wildman–Crippen LogP) is 3.19. The summed E-state index contributed by atoms with van der Waals surface area (Å²) in [6.45, 7) is 3.88. The number of urea groups is 1. The Balaban J connectivity index is 1.41. The molecule has 1 fully saturated rings. The van der Waals surface area contributed by atoms with Gasteiger partial charge in [0.05, 0.1) is 12.8 Å². The number of carbonyl (C=O) groups is 1. The fourth-order valence-electron chi connectivity index (χ4n) is 2.62. The summed E-state index contributed by atoms with van der Waals surface area (Å²) in [7, 11) is 0. The first kappa shape index (κ1) is 16.9. The van der Waals surface area contributed by atoms with Crippen LogP contribution in [0.2, 0.25) is 0 Å². The molecule has 2 amide bonds. The summed E-state index contributed by atoms with van der Waals surface area (Å²) in [5, 5.41) is 5.60. The normalized spacial score (nSPS) is 15.2. The van der Waals surface area contributed by atoms with Crippen molar-refractivity contribution in [1.82, 2.24) is 10.2 Å². The van der Waals surface area contributed by atoms with Crippen molar-refractivity contribution in [2.24, 2.45) is 0 Å². The molecule has 0 unspecified atom stereocenters. The molecular formula is C18H23N3O2S. The number of amides is 2. The van der Waals surface area contributed by atoms with Crippen molar-refractivity contribution < 1.29 is 9.21 Å². The molecule has 2 aromatic rings. The minimum atomic E-state index is -0.232.